The molecule has 112 valence electrons. The third kappa shape index (κ3) is 3.64. The molecule has 5 heteroatoms. The molecule has 1 unspecified atom stereocenters. The third-order valence-corrected chi connectivity index (χ3v) is 4.59. The molecule has 0 aromatic carbocycles. The van der Waals surface area contributed by atoms with E-state index in [0.717, 1.165) is 36.2 Å². The lowest BCUT2D eigenvalue weighted by Crippen LogP contribution is -2.34. The molecule has 2 rings (SSSR count). The molecular formula is C15H26N4S. The van der Waals surface area contributed by atoms with Gasteiger partial charge in [-0.2, -0.15) is 11.8 Å². The minimum atomic E-state index is 0.0439. The van der Waals surface area contributed by atoms with Crippen LogP contribution in [-0.2, 0) is 5.41 Å². The van der Waals surface area contributed by atoms with Gasteiger partial charge in [-0.05, 0) is 14.0 Å². The van der Waals surface area contributed by atoms with Crippen molar-refractivity contribution in [2.75, 3.05) is 37.0 Å². The summed E-state index contributed by atoms with van der Waals surface area (Å²) in [4.78, 5) is 12.0. The average Bonchev–Trinajstić information content (AvgIpc) is 2.38. The Kier molecular flexibility index (Phi) is 4.91. The van der Waals surface area contributed by atoms with Crippen molar-refractivity contribution in [3.05, 3.63) is 17.6 Å². The largest absolute Gasteiger partial charge is 0.370 e. The predicted molar refractivity (Wildman–Crippen MR) is 87.6 cm³/mol. The molecule has 0 bridgehead atoms. The van der Waals surface area contributed by atoms with Crippen LogP contribution in [0.25, 0.3) is 0 Å². The van der Waals surface area contributed by atoms with Crippen molar-refractivity contribution in [3.8, 4) is 0 Å². The molecule has 1 atom stereocenters. The molecule has 1 aromatic heterocycles. The van der Waals surface area contributed by atoms with Crippen molar-refractivity contribution in [1.29, 1.82) is 0 Å². The molecule has 0 amide bonds. The molecule has 0 aliphatic carbocycles. The van der Waals surface area contributed by atoms with Gasteiger partial charge in [0, 0.05) is 36.1 Å². The van der Waals surface area contributed by atoms with Gasteiger partial charge < -0.3 is 5.32 Å². The molecule has 0 radical (unpaired) electrons. The van der Waals surface area contributed by atoms with E-state index in [0.29, 0.717) is 6.04 Å². The monoisotopic (exact) mass is 294 g/mol. The van der Waals surface area contributed by atoms with E-state index in [-0.39, 0.29) is 5.41 Å². The lowest BCUT2D eigenvalue weighted by atomic mass is 9.91. The zero-order chi connectivity index (χ0) is 14.8. The van der Waals surface area contributed by atoms with Crippen LogP contribution in [0, 0.1) is 0 Å². The number of nitrogens with one attached hydrogen (secondary N) is 1. The van der Waals surface area contributed by atoms with Crippen LogP contribution in [0.3, 0.4) is 0 Å². The molecular weight excluding hydrogens is 268 g/mol. The minimum Gasteiger partial charge on any atom is -0.370 e. The summed E-state index contributed by atoms with van der Waals surface area (Å²) >= 11 is 1.99. The Bertz CT molecular complexity index is 456. The maximum Gasteiger partial charge on any atom is 0.148 e. The standard InChI is InChI=1S/C15H26N4S/c1-6-16-13-9-12(15(2,3)4)17-14(18-13)11-10-20-8-7-19(11)5/h9,11H,6-8,10H2,1-5H3,(H,16,17,18). The van der Waals surface area contributed by atoms with Crippen LogP contribution >= 0.6 is 11.8 Å². The first-order chi connectivity index (χ1) is 9.41. The first-order valence-corrected chi connectivity index (χ1v) is 8.48. The molecule has 2 heterocycles. The van der Waals surface area contributed by atoms with Gasteiger partial charge in [0.15, 0.2) is 0 Å². The molecule has 0 saturated carbocycles. The van der Waals surface area contributed by atoms with Gasteiger partial charge in [0.25, 0.3) is 0 Å². The zero-order valence-corrected chi connectivity index (χ0v) is 14.0. The van der Waals surface area contributed by atoms with Crippen molar-refractivity contribution in [1.82, 2.24) is 14.9 Å². The van der Waals surface area contributed by atoms with E-state index in [1.807, 2.05) is 11.8 Å². The lowest BCUT2D eigenvalue weighted by molar-refractivity contribution is 0.263. The highest BCUT2D eigenvalue weighted by Crippen LogP contribution is 2.29. The minimum absolute atomic E-state index is 0.0439. The fraction of sp³-hybridized carbons (Fsp3) is 0.733. The van der Waals surface area contributed by atoms with Crippen molar-refractivity contribution >= 4 is 17.6 Å². The van der Waals surface area contributed by atoms with Crippen molar-refractivity contribution in [2.45, 2.75) is 39.2 Å². The summed E-state index contributed by atoms with van der Waals surface area (Å²) in [6.07, 6.45) is 0. The maximum atomic E-state index is 4.85. The summed E-state index contributed by atoms with van der Waals surface area (Å²) in [6, 6.07) is 2.41. The topological polar surface area (TPSA) is 41.1 Å². The number of anilines is 1. The third-order valence-electron chi connectivity index (χ3n) is 3.56. The zero-order valence-electron chi connectivity index (χ0n) is 13.2. The van der Waals surface area contributed by atoms with E-state index in [1.165, 1.54) is 5.75 Å². The van der Waals surface area contributed by atoms with Crippen molar-refractivity contribution in [3.63, 3.8) is 0 Å². The van der Waals surface area contributed by atoms with Gasteiger partial charge in [0.2, 0.25) is 0 Å². The highest BCUT2D eigenvalue weighted by molar-refractivity contribution is 7.99. The highest BCUT2D eigenvalue weighted by Gasteiger charge is 2.26. The lowest BCUT2D eigenvalue weighted by Gasteiger charge is -2.32. The van der Waals surface area contributed by atoms with Gasteiger partial charge in [-0.25, -0.2) is 9.97 Å². The molecule has 1 aromatic rings. The van der Waals surface area contributed by atoms with E-state index in [1.54, 1.807) is 0 Å². The fourth-order valence-electron chi connectivity index (χ4n) is 2.23. The second-order valence-electron chi connectivity index (χ2n) is 6.35. The predicted octanol–water partition coefficient (Wildman–Crippen LogP) is 2.93. The molecule has 1 aliphatic rings. The van der Waals surface area contributed by atoms with Crippen LogP contribution in [-0.4, -0.2) is 46.5 Å². The molecule has 1 fully saturated rings. The quantitative estimate of drug-likeness (QED) is 0.928. The summed E-state index contributed by atoms with van der Waals surface area (Å²) < 4.78 is 0. The van der Waals surface area contributed by atoms with E-state index < -0.39 is 0 Å². The van der Waals surface area contributed by atoms with Crippen molar-refractivity contribution < 1.29 is 0 Å². The number of rotatable bonds is 3. The Morgan fingerprint density at radius 1 is 1.40 bits per heavy atom. The summed E-state index contributed by atoms with van der Waals surface area (Å²) in [5.41, 5.74) is 1.16. The Morgan fingerprint density at radius 2 is 2.15 bits per heavy atom. The van der Waals surface area contributed by atoms with Crippen molar-refractivity contribution in [2.24, 2.45) is 0 Å². The Balaban J connectivity index is 2.38. The summed E-state index contributed by atoms with van der Waals surface area (Å²) in [7, 11) is 2.17. The van der Waals surface area contributed by atoms with Gasteiger partial charge >= 0.3 is 0 Å². The van der Waals surface area contributed by atoms with Crippen LogP contribution in [0.2, 0.25) is 0 Å². The molecule has 1 saturated heterocycles. The van der Waals surface area contributed by atoms with Gasteiger partial charge in [0.05, 0.1) is 11.7 Å². The van der Waals surface area contributed by atoms with E-state index >= 15 is 0 Å². The first-order valence-electron chi connectivity index (χ1n) is 7.33. The fourth-order valence-corrected chi connectivity index (χ4v) is 3.44. The molecule has 0 spiro atoms. The first kappa shape index (κ1) is 15.6. The molecule has 20 heavy (non-hydrogen) atoms. The second-order valence-corrected chi connectivity index (χ2v) is 7.50. The average molecular weight is 294 g/mol. The summed E-state index contributed by atoms with van der Waals surface area (Å²) in [5, 5.41) is 3.34. The highest BCUT2D eigenvalue weighted by atomic mass is 32.2. The number of hydrogen-bond acceptors (Lipinski definition) is 5. The second kappa shape index (κ2) is 6.31. The summed E-state index contributed by atoms with van der Waals surface area (Å²) in [5.74, 6) is 4.19. The van der Waals surface area contributed by atoms with Gasteiger partial charge in [-0.15, -0.1) is 0 Å². The number of nitrogens with zero attached hydrogens (tertiary/aromatic N) is 3. The van der Waals surface area contributed by atoms with E-state index in [9.17, 15) is 0 Å². The SMILES string of the molecule is CCNc1cc(C(C)(C)C)nc(C2CSCCN2C)n1. The van der Waals surface area contributed by atoms with Crippen LogP contribution < -0.4 is 5.32 Å². The van der Waals surface area contributed by atoms with E-state index in [2.05, 4.69) is 51.0 Å². The maximum absolute atomic E-state index is 4.85. The van der Waals surface area contributed by atoms with Gasteiger partial charge in [0.1, 0.15) is 11.6 Å². The van der Waals surface area contributed by atoms with Gasteiger partial charge in [-0.1, -0.05) is 20.8 Å². The Hall–Kier alpha value is -0.810. The summed E-state index contributed by atoms with van der Waals surface area (Å²) in [6.45, 7) is 10.7. The van der Waals surface area contributed by atoms with Crippen LogP contribution in [0.4, 0.5) is 5.82 Å². The van der Waals surface area contributed by atoms with Gasteiger partial charge in [-0.3, -0.25) is 4.90 Å². The molecule has 4 nitrogen and oxygen atoms in total. The van der Waals surface area contributed by atoms with Crippen LogP contribution in [0.15, 0.2) is 6.07 Å². The smallest absolute Gasteiger partial charge is 0.148 e. The van der Waals surface area contributed by atoms with Crippen LogP contribution in [0.1, 0.15) is 45.3 Å². The Morgan fingerprint density at radius 3 is 2.75 bits per heavy atom. The number of hydrogen-bond donors (Lipinski definition) is 1. The molecule has 1 aliphatic heterocycles. The number of thioether (sulfide) groups is 1. The van der Waals surface area contributed by atoms with E-state index in [4.69, 9.17) is 9.97 Å². The molecule has 1 N–H and O–H groups in total. The normalized spacial score (nSPS) is 20.9. The number of aromatic nitrogens is 2. The Labute approximate surface area is 126 Å². The van der Waals surface area contributed by atoms with Crippen LogP contribution in [0.5, 0.6) is 0 Å².